The Morgan fingerprint density at radius 2 is 1.93 bits per heavy atom. The Balaban J connectivity index is 1.47. The number of amides is 1. The first-order valence-electron chi connectivity index (χ1n) is 9.23. The Bertz CT molecular complexity index is 789. The predicted molar refractivity (Wildman–Crippen MR) is 111 cm³/mol. The van der Waals surface area contributed by atoms with Gasteiger partial charge in [0.05, 0.1) is 12.8 Å². The molecular weight excluding hydrogens is 362 g/mol. The Kier molecular flexibility index (Phi) is 6.45. The van der Waals surface area contributed by atoms with Crippen LogP contribution in [0.5, 0.6) is 5.75 Å². The van der Waals surface area contributed by atoms with Gasteiger partial charge in [0.2, 0.25) is 5.91 Å². The molecule has 0 spiro atoms. The van der Waals surface area contributed by atoms with E-state index in [1.54, 1.807) is 13.2 Å². The summed E-state index contributed by atoms with van der Waals surface area (Å²) in [6, 6.07) is 13.9. The molecule has 0 aliphatic carbocycles. The number of ether oxygens (including phenoxy) is 1. The second-order valence-electron chi connectivity index (χ2n) is 6.73. The summed E-state index contributed by atoms with van der Waals surface area (Å²) in [5.41, 5.74) is 3.30. The van der Waals surface area contributed by atoms with Gasteiger partial charge < -0.3 is 19.9 Å². The van der Waals surface area contributed by atoms with Crippen molar-refractivity contribution in [3.05, 3.63) is 53.1 Å². The van der Waals surface area contributed by atoms with Crippen LogP contribution in [0.3, 0.4) is 0 Å². The van der Waals surface area contributed by atoms with Crippen molar-refractivity contribution in [1.29, 1.82) is 0 Å². The number of rotatable bonds is 6. The van der Waals surface area contributed by atoms with Gasteiger partial charge in [-0.15, -0.1) is 0 Å². The number of hydrogen-bond donors (Lipinski definition) is 1. The van der Waals surface area contributed by atoms with Crippen molar-refractivity contribution in [2.45, 2.75) is 13.3 Å². The van der Waals surface area contributed by atoms with Crippen LogP contribution in [-0.2, 0) is 4.79 Å². The van der Waals surface area contributed by atoms with E-state index in [9.17, 15) is 4.79 Å². The van der Waals surface area contributed by atoms with E-state index in [-0.39, 0.29) is 5.91 Å². The lowest BCUT2D eigenvalue weighted by Gasteiger charge is -2.36. The van der Waals surface area contributed by atoms with Gasteiger partial charge in [-0.1, -0.05) is 23.7 Å². The number of nitrogens with zero attached hydrogens (tertiary/aromatic N) is 2. The average molecular weight is 388 g/mol. The quantitative estimate of drug-likeness (QED) is 0.818. The van der Waals surface area contributed by atoms with Crippen molar-refractivity contribution in [2.75, 3.05) is 50.1 Å². The van der Waals surface area contributed by atoms with Gasteiger partial charge in [0, 0.05) is 49.9 Å². The summed E-state index contributed by atoms with van der Waals surface area (Å²) in [6.07, 6.45) is 0.445. The van der Waals surface area contributed by atoms with Crippen LogP contribution in [0.15, 0.2) is 42.5 Å². The molecule has 3 rings (SSSR count). The smallest absolute Gasteiger partial charge is 0.224 e. The molecule has 144 valence electrons. The third kappa shape index (κ3) is 5.07. The third-order valence-corrected chi connectivity index (χ3v) is 5.05. The topological polar surface area (TPSA) is 44.8 Å². The molecular formula is C21H26ClN3O2. The van der Waals surface area contributed by atoms with E-state index in [0.29, 0.717) is 18.0 Å². The van der Waals surface area contributed by atoms with Gasteiger partial charge in [-0.3, -0.25) is 4.79 Å². The number of anilines is 2. The number of carbonyl (C=O) groups excluding carboxylic acids is 1. The molecule has 1 fully saturated rings. The molecule has 1 saturated heterocycles. The van der Waals surface area contributed by atoms with Crippen LogP contribution in [0.2, 0.25) is 5.02 Å². The maximum Gasteiger partial charge on any atom is 0.224 e. The number of piperazine rings is 1. The van der Waals surface area contributed by atoms with E-state index in [2.05, 4.69) is 41.4 Å². The Morgan fingerprint density at radius 1 is 1.15 bits per heavy atom. The fourth-order valence-corrected chi connectivity index (χ4v) is 3.49. The molecule has 0 bridgehead atoms. The van der Waals surface area contributed by atoms with Crippen LogP contribution in [0, 0.1) is 6.92 Å². The zero-order valence-corrected chi connectivity index (χ0v) is 16.6. The molecule has 1 aliphatic rings. The summed E-state index contributed by atoms with van der Waals surface area (Å²) in [5.74, 6) is 0.894. The summed E-state index contributed by atoms with van der Waals surface area (Å²) in [6.45, 7) is 5.90. The van der Waals surface area contributed by atoms with Crippen molar-refractivity contribution < 1.29 is 9.53 Å². The molecule has 0 aromatic heterocycles. The highest BCUT2D eigenvalue weighted by molar-refractivity contribution is 6.30. The minimum absolute atomic E-state index is 0.174. The number of aryl methyl sites for hydroxylation is 1. The second kappa shape index (κ2) is 9.00. The molecule has 5 nitrogen and oxygen atoms in total. The highest BCUT2D eigenvalue weighted by Gasteiger charge is 2.21. The standard InChI is InChI=1S/C21H26ClN3O2/c1-16-4-3-5-18(14-16)24-10-12-25(13-11-24)21(26)8-9-23-19-15-17(22)6-7-20(19)27-2/h3-7,14-15,23H,8-13H2,1-2H3. The molecule has 2 aromatic rings. The average Bonchev–Trinajstić information content (AvgIpc) is 2.68. The van der Waals surface area contributed by atoms with Crippen molar-refractivity contribution in [3.63, 3.8) is 0 Å². The molecule has 27 heavy (non-hydrogen) atoms. The minimum Gasteiger partial charge on any atom is -0.495 e. The Labute approximate surface area is 165 Å². The molecule has 0 saturated carbocycles. The number of methoxy groups -OCH3 is 1. The van der Waals surface area contributed by atoms with E-state index in [4.69, 9.17) is 16.3 Å². The summed E-state index contributed by atoms with van der Waals surface area (Å²) in [4.78, 5) is 16.8. The van der Waals surface area contributed by atoms with Crippen LogP contribution in [0.25, 0.3) is 0 Å². The largest absolute Gasteiger partial charge is 0.495 e. The van der Waals surface area contributed by atoms with Gasteiger partial charge in [-0.2, -0.15) is 0 Å². The number of hydrogen-bond acceptors (Lipinski definition) is 4. The van der Waals surface area contributed by atoms with E-state index < -0.39 is 0 Å². The molecule has 0 unspecified atom stereocenters. The molecule has 1 heterocycles. The lowest BCUT2D eigenvalue weighted by molar-refractivity contribution is -0.131. The number of carbonyl (C=O) groups is 1. The Morgan fingerprint density at radius 3 is 2.63 bits per heavy atom. The van der Waals surface area contributed by atoms with Crippen molar-refractivity contribution in [1.82, 2.24) is 4.90 Å². The monoisotopic (exact) mass is 387 g/mol. The van der Waals surface area contributed by atoms with Crippen molar-refractivity contribution in [3.8, 4) is 5.75 Å². The van der Waals surface area contributed by atoms with Gasteiger partial charge in [0.15, 0.2) is 0 Å². The van der Waals surface area contributed by atoms with Gasteiger partial charge in [-0.25, -0.2) is 0 Å². The van der Waals surface area contributed by atoms with Crippen LogP contribution >= 0.6 is 11.6 Å². The summed E-state index contributed by atoms with van der Waals surface area (Å²) < 4.78 is 5.31. The predicted octanol–water partition coefficient (Wildman–Crippen LogP) is 3.81. The molecule has 6 heteroatoms. The van der Waals surface area contributed by atoms with Gasteiger partial charge in [-0.05, 0) is 42.8 Å². The molecule has 1 N–H and O–H groups in total. The SMILES string of the molecule is COc1ccc(Cl)cc1NCCC(=O)N1CCN(c2cccc(C)c2)CC1. The number of benzene rings is 2. The van der Waals surface area contributed by atoms with E-state index in [0.717, 1.165) is 37.6 Å². The first kappa shape index (κ1) is 19.4. The highest BCUT2D eigenvalue weighted by Crippen LogP contribution is 2.27. The zero-order valence-electron chi connectivity index (χ0n) is 15.9. The maximum atomic E-state index is 12.5. The van der Waals surface area contributed by atoms with E-state index in [1.807, 2.05) is 17.0 Å². The summed E-state index contributed by atoms with van der Waals surface area (Å²) >= 11 is 6.04. The fourth-order valence-electron chi connectivity index (χ4n) is 3.32. The van der Waals surface area contributed by atoms with Gasteiger partial charge in [0.25, 0.3) is 0 Å². The normalized spacial score (nSPS) is 14.2. The van der Waals surface area contributed by atoms with E-state index >= 15 is 0 Å². The fraction of sp³-hybridized carbons (Fsp3) is 0.381. The van der Waals surface area contributed by atoms with E-state index in [1.165, 1.54) is 11.3 Å². The lowest BCUT2D eigenvalue weighted by atomic mass is 10.2. The van der Waals surface area contributed by atoms with Crippen molar-refractivity contribution in [2.24, 2.45) is 0 Å². The third-order valence-electron chi connectivity index (χ3n) is 4.82. The van der Waals surface area contributed by atoms with Crippen LogP contribution < -0.4 is 15.0 Å². The highest BCUT2D eigenvalue weighted by atomic mass is 35.5. The van der Waals surface area contributed by atoms with Gasteiger partial charge in [0.1, 0.15) is 5.75 Å². The van der Waals surface area contributed by atoms with Crippen LogP contribution in [-0.4, -0.2) is 50.6 Å². The molecule has 0 atom stereocenters. The lowest BCUT2D eigenvalue weighted by Crippen LogP contribution is -2.49. The zero-order chi connectivity index (χ0) is 19.2. The minimum atomic E-state index is 0.174. The van der Waals surface area contributed by atoms with Crippen molar-refractivity contribution >= 4 is 28.9 Å². The molecule has 1 amide bonds. The summed E-state index contributed by atoms with van der Waals surface area (Å²) in [5, 5.41) is 3.88. The second-order valence-corrected chi connectivity index (χ2v) is 7.16. The molecule has 0 radical (unpaired) electrons. The van der Waals surface area contributed by atoms with Gasteiger partial charge >= 0.3 is 0 Å². The number of halogens is 1. The number of nitrogens with one attached hydrogen (secondary N) is 1. The molecule has 2 aromatic carbocycles. The Hall–Kier alpha value is -2.40. The summed E-state index contributed by atoms with van der Waals surface area (Å²) in [7, 11) is 1.62. The van der Waals surface area contributed by atoms with Crippen LogP contribution in [0.4, 0.5) is 11.4 Å². The maximum absolute atomic E-state index is 12.5. The molecule has 1 aliphatic heterocycles. The van der Waals surface area contributed by atoms with Crippen LogP contribution in [0.1, 0.15) is 12.0 Å². The first-order valence-corrected chi connectivity index (χ1v) is 9.61. The first-order chi connectivity index (χ1) is 13.1.